The molecule has 0 radical (unpaired) electrons. The topological polar surface area (TPSA) is 54.2 Å². The number of aromatic nitrogens is 1. The van der Waals surface area contributed by atoms with Crippen molar-refractivity contribution in [3.8, 4) is 5.75 Å². The zero-order chi connectivity index (χ0) is 17.9. The third-order valence-electron chi connectivity index (χ3n) is 4.41. The molecule has 0 amide bonds. The maximum Gasteiger partial charge on any atom is 0.410 e. The number of fused-ring (bicyclic) bond motifs is 1. The van der Waals surface area contributed by atoms with Gasteiger partial charge in [0.15, 0.2) is 12.4 Å². The van der Waals surface area contributed by atoms with Gasteiger partial charge in [-0.2, -0.15) is 0 Å². The van der Waals surface area contributed by atoms with E-state index in [1.54, 1.807) is 23.4 Å². The highest BCUT2D eigenvalue weighted by molar-refractivity contribution is 8.00. The van der Waals surface area contributed by atoms with E-state index in [9.17, 15) is 4.79 Å². The van der Waals surface area contributed by atoms with Crippen molar-refractivity contribution in [1.29, 1.82) is 0 Å². The molecule has 0 spiro atoms. The lowest BCUT2D eigenvalue weighted by Gasteiger charge is -2.14. The van der Waals surface area contributed by atoms with Crippen LogP contribution in [0.1, 0.15) is 4.79 Å². The molecule has 2 N–H and O–H groups in total. The molecule has 6 heteroatoms. The second kappa shape index (κ2) is 7.35. The molecule has 26 heavy (non-hydrogen) atoms. The van der Waals surface area contributed by atoms with Gasteiger partial charge in [-0.15, -0.1) is 16.3 Å². The van der Waals surface area contributed by atoms with Crippen molar-refractivity contribution in [2.75, 3.05) is 18.2 Å². The average Bonchev–Trinajstić information content (AvgIpc) is 3.16. The van der Waals surface area contributed by atoms with Crippen LogP contribution in [-0.2, 0) is 0 Å². The smallest absolute Gasteiger partial charge is 0.410 e. The summed E-state index contributed by atoms with van der Waals surface area (Å²) >= 11 is 1.69. The van der Waals surface area contributed by atoms with Crippen molar-refractivity contribution < 1.29 is 14.1 Å². The molecule has 2 heterocycles. The van der Waals surface area contributed by atoms with Crippen LogP contribution in [-0.4, -0.2) is 30.3 Å². The molecule has 0 aliphatic carbocycles. The number of rotatable bonds is 4. The van der Waals surface area contributed by atoms with Crippen molar-refractivity contribution in [2.24, 2.45) is 0 Å². The van der Waals surface area contributed by atoms with E-state index in [2.05, 4.69) is 10.6 Å². The molecular formula is C20H20N3O2S+. The van der Waals surface area contributed by atoms with Gasteiger partial charge in [0.25, 0.3) is 0 Å². The van der Waals surface area contributed by atoms with Gasteiger partial charge in [-0.3, -0.25) is 5.32 Å². The number of carbonyl (C=O) groups is 1. The quantitative estimate of drug-likeness (QED) is 0.696. The van der Waals surface area contributed by atoms with Gasteiger partial charge in [-0.25, -0.2) is 4.79 Å². The van der Waals surface area contributed by atoms with Crippen LogP contribution in [0, 0.1) is 0 Å². The van der Waals surface area contributed by atoms with Crippen LogP contribution in [0.5, 0.6) is 5.75 Å². The lowest BCUT2D eigenvalue weighted by atomic mass is 10.2. The van der Waals surface area contributed by atoms with E-state index in [1.807, 2.05) is 67.0 Å². The summed E-state index contributed by atoms with van der Waals surface area (Å²) in [7, 11) is 1.65. The highest BCUT2D eigenvalue weighted by Crippen LogP contribution is 2.23. The van der Waals surface area contributed by atoms with Gasteiger partial charge < -0.3 is 10.1 Å². The average molecular weight is 366 g/mol. The van der Waals surface area contributed by atoms with Gasteiger partial charge in [0.05, 0.1) is 7.11 Å². The molecule has 1 fully saturated rings. The Labute approximate surface area is 156 Å². The molecule has 1 aliphatic heterocycles. The molecular weight excluding hydrogens is 346 g/mol. The first-order chi connectivity index (χ1) is 12.7. The molecule has 2 atom stereocenters. The van der Waals surface area contributed by atoms with E-state index in [-0.39, 0.29) is 17.4 Å². The fourth-order valence-electron chi connectivity index (χ4n) is 2.99. The Morgan fingerprint density at radius 3 is 2.69 bits per heavy atom. The van der Waals surface area contributed by atoms with Crippen LogP contribution >= 0.6 is 11.8 Å². The SMILES string of the molecule is COc1ccc(NC2NC(C(=O)[n+]3ccc4ccccc4c3)CS2)cc1. The van der Waals surface area contributed by atoms with Gasteiger partial charge >= 0.3 is 5.91 Å². The zero-order valence-corrected chi connectivity index (χ0v) is 15.2. The molecule has 1 aliphatic rings. The van der Waals surface area contributed by atoms with E-state index >= 15 is 0 Å². The van der Waals surface area contributed by atoms with Crippen molar-refractivity contribution in [3.05, 3.63) is 67.0 Å². The maximum atomic E-state index is 12.8. The summed E-state index contributed by atoms with van der Waals surface area (Å²) in [5, 5.41) is 8.94. The number of nitrogens with zero attached hydrogens (tertiary/aromatic N) is 1. The second-order valence-corrected chi connectivity index (χ2v) is 7.26. The largest absolute Gasteiger partial charge is 0.497 e. The van der Waals surface area contributed by atoms with Crippen LogP contribution < -0.4 is 19.9 Å². The summed E-state index contributed by atoms with van der Waals surface area (Å²) in [5.74, 6) is 1.61. The Bertz CT molecular complexity index is 930. The molecule has 0 bridgehead atoms. The van der Waals surface area contributed by atoms with Crippen molar-refractivity contribution >= 4 is 34.1 Å². The zero-order valence-electron chi connectivity index (χ0n) is 14.4. The summed E-state index contributed by atoms with van der Waals surface area (Å²) in [6.07, 6.45) is 3.73. The molecule has 1 aromatic heterocycles. The minimum absolute atomic E-state index is 0.00148. The number of pyridine rings is 1. The minimum atomic E-state index is -0.220. The fraction of sp³-hybridized carbons (Fsp3) is 0.200. The van der Waals surface area contributed by atoms with Gasteiger partial charge in [0.1, 0.15) is 17.3 Å². The number of ether oxygens (including phenoxy) is 1. The Kier molecular flexibility index (Phi) is 4.77. The van der Waals surface area contributed by atoms with Crippen LogP contribution in [0.3, 0.4) is 0 Å². The molecule has 3 aromatic rings. The number of benzene rings is 2. The van der Waals surface area contributed by atoms with Gasteiger partial charge in [-0.05, 0) is 35.7 Å². The van der Waals surface area contributed by atoms with Crippen molar-refractivity contribution in [2.45, 2.75) is 11.5 Å². The summed E-state index contributed by atoms with van der Waals surface area (Å²) in [6, 6.07) is 17.6. The second-order valence-electron chi connectivity index (χ2n) is 6.12. The van der Waals surface area contributed by atoms with E-state index in [0.29, 0.717) is 0 Å². The summed E-state index contributed by atoms with van der Waals surface area (Å²) in [4.78, 5) is 12.8. The van der Waals surface area contributed by atoms with Crippen molar-refractivity contribution in [3.63, 3.8) is 0 Å². The number of hydrogen-bond acceptors (Lipinski definition) is 5. The predicted octanol–water partition coefficient (Wildman–Crippen LogP) is 2.88. The molecule has 2 unspecified atom stereocenters. The van der Waals surface area contributed by atoms with E-state index in [4.69, 9.17) is 4.74 Å². The predicted molar refractivity (Wildman–Crippen MR) is 105 cm³/mol. The molecule has 1 saturated heterocycles. The first-order valence-corrected chi connectivity index (χ1v) is 9.50. The Hall–Kier alpha value is -2.57. The van der Waals surface area contributed by atoms with Crippen LogP contribution in [0.4, 0.5) is 5.69 Å². The maximum absolute atomic E-state index is 12.8. The summed E-state index contributed by atoms with van der Waals surface area (Å²) < 4.78 is 6.85. The lowest BCUT2D eigenvalue weighted by molar-refractivity contribution is -0.573. The number of hydrogen-bond donors (Lipinski definition) is 2. The first-order valence-electron chi connectivity index (χ1n) is 8.45. The van der Waals surface area contributed by atoms with Gasteiger partial charge in [0.2, 0.25) is 0 Å². The Morgan fingerprint density at radius 2 is 1.92 bits per heavy atom. The standard InChI is InChI=1S/C20H20N3O2S/c1-25-17-8-6-16(7-9-17)21-20-22-18(13-26-20)19(24)23-11-10-14-4-2-3-5-15(14)12-23/h2-12,18,20-22H,13H2,1H3/q+1. The molecule has 132 valence electrons. The number of nitrogens with one attached hydrogen (secondary N) is 2. The third kappa shape index (κ3) is 3.52. The number of thioether (sulfide) groups is 1. The lowest BCUT2D eigenvalue weighted by Crippen LogP contribution is -2.54. The van der Waals surface area contributed by atoms with E-state index in [0.717, 1.165) is 28.0 Å². The molecule has 2 aromatic carbocycles. The third-order valence-corrected chi connectivity index (χ3v) is 5.52. The van der Waals surface area contributed by atoms with E-state index in [1.165, 1.54) is 0 Å². The highest BCUT2D eigenvalue weighted by Gasteiger charge is 2.35. The number of methoxy groups -OCH3 is 1. The van der Waals surface area contributed by atoms with Crippen LogP contribution in [0.15, 0.2) is 67.0 Å². The normalized spacial score (nSPS) is 19.4. The Balaban J connectivity index is 1.42. The van der Waals surface area contributed by atoms with Gasteiger partial charge in [-0.1, -0.05) is 18.2 Å². The fourth-order valence-corrected chi connectivity index (χ4v) is 4.09. The highest BCUT2D eigenvalue weighted by atomic mass is 32.2. The Morgan fingerprint density at radius 1 is 1.15 bits per heavy atom. The minimum Gasteiger partial charge on any atom is -0.497 e. The summed E-state index contributed by atoms with van der Waals surface area (Å²) in [5.41, 5.74) is 0.987. The number of carbonyl (C=O) groups excluding carboxylic acids is 1. The molecule has 0 saturated carbocycles. The molecule has 4 rings (SSSR count). The first kappa shape index (κ1) is 16.9. The van der Waals surface area contributed by atoms with E-state index < -0.39 is 0 Å². The van der Waals surface area contributed by atoms with Gasteiger partial charge in [0, 0.05) is 22.9 Å². The monoisotopic (exact) mass is 366 g/mol. The molecule has 5 nitrogen and oxygen atoms in total. The van der Waals surface area contributed by atoms with Crippen LogP contribution in [0.25, 0.3) is 10.8 Å². The van der Waals surface area contributed by atoms with Crippen molar-refractivity contribution in [1.82, 2.24) is 5.32 Å². The summed E-state index contributed by atoms with van der Waals surface area (Å²) in [6.45, 7) is 0. The van der Waals surface area contributed by atoms with Crippen LogP contribution in [0.2, 0.25) is 0 Å². The number of anilines is 1.